The summed E-state index contributed by atoms with van der Waals surface area (Å²) in [5, 5.41) is -0.620. The molecular weight excluding hydrogens is 224 g/mol. The summed E-state index contributed by atoms with van der Waals surface area (Å²) in [4.78, 5) is 0. The van der Waals surface area contributed by atoms with E-state index >= 15 is 0 Å². The SMILES string of the molecule is CC(C)S(=O)(=O)C1COCC(C(C)(C)C)C1. The zero-order valence-corrected chi connectivity index (χ0v) is 11.8. The Morgan fingerprint density at radius 2 is 1.75 bits per heavy atom. The van der Waals surface area contributed by atoms with Gasteiger partial charge in [-0.3, -0.25) is 0 Å². The zero-order valence-electron chi connectivity index (χ0n) is 11.0. The van der Waals surface area contributed by atoms with Crippen LogP contribution in [0, 0.1) is 11.3 Å². The van der Waals surface area contributed by atoms with Crippen LogP contribution in [0.5, 0.6) is 0 Å². The lowest BCUT2D eigenvalue weighted by atomic mass is 9.78. The fourth-order valence-corrected chi connectivity index (χ4v) is 3.57. The van der Waals surface area contributed by atoms with Crippen molar-refractivity contribution in [2.45, 2.75) is 51.5 Å². The molecule has 1 saturated heterocycles. The molecule has 0 aromatic carbocycles. The lowest BCUT2D eigenvalue weighted by Crippen LogP contribution is -2.42. The van der Waals surface area contributed by atoms with Gasteiger partial charge < -0.3 is 4.74 Å². The maximum absolute atomic E-state index is 12.1. The third-order valence-corrected chi connectivity index (χ3v) is 6.09. The molecule has 0 amide bonds. The Kier molecular flexibility index (Phi) is 4.06. The fourth-order valence-electron chi connectivity index (χ4n) is 2.01. The summed E-state index contributed by atoms with van der Waals surface area (Å²) in [5.74, 6) is 0.333. The summed E-state index contributed by atoms with van der Waals surface area (Å²) in [6, 6.07) is 0. The van der Waals surface area contributed by atoms with Crippen molar-refractivity contribution in [3.63, 3.8) is 0 Å². The molecule has 0 aliphatic carbocycles. The second kappa shape index (κ2) is 4.65. The zero-order chi connectivity index (χ0) is 12.6. The highest BCUT2D eigenvalue weighted by molar-refractivity contribution is 7.92. The minimum Gasteiger partial charge on any atom is -0.380 e. The number of ether oxygens (including phenoxy) is 1. The molecule has 96 valence electrons. The topological polar surface area (TPSA) is 43.4 Å². The van der Waals surface area contributed by atoms with Gasteiger partial charge >= 0.3 is 0 Å². The van der Waals surface area contributed by atoms with Gasteiger partial charge in [-0.25, -0.2) is 8.42 Å². The predicted octanol–water partition coefficient (Wildman–Crippen LogP) is 2.26. The van der Waals surface area contributed by atoms with Crippen molar-refractivity contribution in [1.82, 2.24) is 0 Å². The molecular formula is C12H24O3S. The Morgan fingerprint density at radius 3 is 2.19 bits per heavy atom. The molecule has 0 N–H and O–H groups in total. The summed E-state index contributed by atoms with van der Waals surface area (Å²) < 4.78 is 29.6. The van der Waals surface area contributed by atoms with E-state index in [2.05, 4.69) is 20.8 Å². The van der Waals surface area contributed by atoms with E-state index in [-0.39, 0.29) is 15.9 Å². The Bertz CT molecular complexity index is 325. The smallest absolute Gasteiger partial charge is 0.157 e. The quantitative estimate of drug-likeness (QED) is 0.753. The van der Waals surface area contributed by atoms with Crippen LogP contribution in [0.1, 0.15) is 41.0 Å². The van der Waals surface area contributed by atoms with Crippen LogP contribution < -0.4 is 0 Å². The summed E-state index contributed by atoms with van der Waals surface area (Å²) in [7, 11) is -3.02. The van der Waals surface area contributed by atoms with E-state index in [0.717, 1.165) is 6.42 Å². The fraction of sp³-hybridized carbons (Fsp3) is 1.00. The average molecular weight is 248 g/mol. The molecule has 0 aromatic heterocycles. The summed E-state index contributed by atoms with van der Waals surface area (Å²) in [6.45, 7) is 11.0. The van der Waals surface area contributed by atoms with E-state index in [1.54, 1.807) is 13.8 Å². The van der Waals surface area contributed by atoms with Crippen LogP contribution in [0.3, 0.4) is 0 Å². The van der Waals surface area contributed by atoms with Crippen molar-refractivity contribution in [2.75, 3.05) is 13.2 Å². The average Bonchev–Trinajstić information content (AvgIpc) is 2.16. The molecule has 16 heavy (non-hydrogen) atoms. The second-order valence-electron chi connectivity index (χ2n) is 6.10. The molecule has 1 rings (SSSR count). The highest BCUT2D eigenvalue weighted by Crippen LogP contribution is 2.34. The molecule has 0 saturated carbocycles. The van der Waals surface area contributed by atoms with Gasteiger partial charge in [0.15, 0.2) is 9.84 Å². The Hall–Kier alpha value is -0.0900. The molecule has 1 heterocycles. The molecule has 0 bridgehead atoms. The van der Waals surface area contributed by atoms with Crippen molar-refractivity contribution in [3.05, 3.63) is 0 Å². The van der Waals surface area contributed by atoms with Gasteiger partial charge in [0.25, 0.3) is 0 Å². The van der Waals surface area contributed by atoms with Gasteiger partial charge in [-0.2, -0.15) is 0 Å². The minimum absolute atomic E-state index is 0.116. The number of hydrogen-bond acceptors (Lipinski definition) is 3. The van der Waals surface area contributed by atoms with Crippen LogP contribution in [-0.4, -0.2) is 32.1 Å². The molecule has 1 aliphatic rings. The van der Waals surface area contributed by atoms with Gasteiger partial charge in [0.1, 0.15) is 0 Å². The third kappa shape index (κ3) is 2.98. The molecule has 0 spiro atoms. The Labute approximate surface area is 99.5 Å². The van der Waals surface area contributed by atoms with E-state index < -0.39 is 9.84 Å². The first-order valence-corrected chi connectivity index (χ1v) is 7.57. The lowest BCUT2D eigenvalue weighted by Gasteiger charge is -2.37. The van der Waals surface area contributed by atoms with Crippen molar-refractivity contribution in [2.24, 2.45) is 11.3 Å². The van der Waals surface area contributed by atoms with Crippen molar-refractivity contribution < 1.29 is 13.2 Å². The largest absolute Gasteiger partial charge is 0.380 e. The van der Waals surface area contributed by atoms with E-state index in [1.807, 2.05) is 0 Å². The molecule has 1 aliphatic heterocycles. The van der Waals surface area contributed by atoms with Crippen LogP contribution in [0.25, 0.3) is 0 Å². The highest BCUT2D eigenvalue weighted by Gasteiger charge is 2.38. The van der Waals surface area contributed by atoms with Gasteiger partial charge in [-0.1, -0.05) is 20.8 Å². The number of rotatable bonds is 2. The standard InChI is InChI=1S/C12H24O3S/c1-9(2)16(13,14)11-6-10(7-15-8-11)12(3,4)5/h9-11H,6-8H2,1-5H3. The monoisotopic (exact) mass is 248 g/mol. The van der Waals surface area contributed by atoms with Crippen LogP contribution in [0.4, 0.5) is 0 Å². The van der Waals surface area contributed by atoms with Crippen molar-refractivity contribution in [3.8, 4) is 0 Å². The normalized spacial score (nSPS) is 28.4. The molecule has 2 unspecified atom stereocenters. The van der Waals surface area contributed by atoms with Gasteiger partial charge in [0.2, 0.25) is 0 Å². The van der Waals surface area contributed by atoms with Crippen molar-refractivity contribution in [1.29, 1.82) is 0 Å². The lowest BCUT2D eigenvalue weighted by molar-refractivity contribution is 0.0125. The Balaban J connectivity index is 2.79. The van der Waals surface area contributed by atoms with Crippen LogP contribution in [0.15, 0.2) is 0 Å². The summed E-state index contributed by atoms with van der Waals surface area (Å²) in [6.07, 6.45) is 0.740. The van der Waals surface area contributed by atoms with Crippen LogP contribution >= 0.6 is 0 Å². The number of hydrogen-bond donors (Lipinski definition) is 0. The first-order chi connectivity index (χ1) is 7.15. The van der Waals surface area contributed by atoms with Gasteiger partial charge in [-0.15, -0.1) is 0 Å². The van der Waals surface area contributed by atoms with Crippen molar-refractivity contribution >= 4 is 9.84 Å². The third-order valence-electron chi connectivity index (χ3n) is 3.52. The molecule has 1 fully saturated rings. The highest BCUT2D eigenvalue weighted by atomic mass is 32.2. The molecule has 4 heteroatoms. The summed E-state index contributed by atoms with van der Waals surface area (Å²) in [5.41, 5.74) is 0.116. The van der Waals surface area contributed by atoms with E-state index in [0.29, 0.717) is 19.1 Å². The predicted molar refractivity (Wildman–Crippen MR) is 66.2 cm³/mol. The maximum Gasteiger partial charge on any atom is 0.157 e. The molecule has 3 nitrogen and oxygen atoms in total. The Morgan fingerprint density at radius 1 is 1.19 bits per heavy atom. The molecule has 0 aromatic rings. The maximum atomic E-state index is 12.1. The number of sulfone groups is 1. The minimum atomic E-state index is -3.02. The summed E-state index contributed by atoms with van der Waals surface area (Å²) >= 11 is 0. The molecule has 2 atom stereocenters. The first kappa shape index (κ1) is 14.0. The van der Waals surface area contributed by atoms with Gasteiger partial charge in [-0.05, 0) is 31.6 Å². The van der Waals surface area contributed by atoms with Crippen LogP contribution in [-0.2, 0) is 14.6 Å². The van der Waals surface area contributed by atoms with Crippen LogP contribution in [0.2, 0.25) is 0 Å². The second-order valence-corrected chi connectivity index (χ2v) is 8.88. The van der Waals surface area contributed by atoms with E-state index in [4.69, 9.17) is 4.74 Å². The molecule has 0 radical (unpaired) electrons. The van der Waals surface area contributed by atoms with Gasteiger partial charge in [0.05, 0.1) is 17.1 Å². The van der Waals surface area contributed by atoms with E-state index in [9.17, 15) is 8.42 Å². The van der Waals surface area contributed by atoms with Gasteiger partial charge in [0, 0.05) is 6.61 Å². The first-order valence-electron chi connectivity index (χ1n) is 5.96. The van der Waals surface area contributed by atoms with E-state index in [1.165, 1.54) is 0 Å².